The fraction of sp³-hybridized carbons (Fsp3) is 0.500. The first kappa shape index (κ1) is 19.8. The van der Waals surface area contributed by atoms with E-state index in [1.54, 1.807) is 19.2 Å². The van der Waals surface area contributed by atoms with Crippen LogP contribution < -0.4 is 20.3 Å². The molecule has 134 valence electrons. The quantitative estimate of drug-likeness (QED) is 0.719. The number of urea groups is 1. The molecule has 0 saturated heterocycles. The van der Waals surface area contributed by atoms with Gasteiger partial charge in [0.05, 0.1) is 7.05 Å². The van der Waals surface area contributed by atoms with E-state index >= 15 is 0 Å². The number of hydrogen-bond acceptors (Lipinski definition) is 3. The summed E-state index contributed by atoms with van der Waals surface area (Å²) in [6.45, 7) is 3.20. The second-order valence-corrected chi connectivity index (χ2v) is 6.59. The average molecular weight is 344 g/mol. The van der Waals surface area contributed by atoms with Gasteiger partial charge in [0.15, 0.2) is 6.54 Å². The molecule has 1 rings (SSSR count). The number of benzene rings is 1. The van der Waals surface area contributed by atoms with Gasteiger partial charge in [-0.2, -0.15) is 8.78 Å². The molecule has 24 heavy (non-hydrogen) atoms. The van der Waals surface area contributed by atoms with Crippen LogP contribution in [0.1, 0.15) is 26.3 Å². The minimum Gasteiger partial charge on any atom is -0.435 e. The number of halogens is 2. The molecule has 0 fully saturated rings. The van der Waals surface area contributed by atoms with E-state index in [1.165, 1.54) is 12.1 Å². The van der Waals surface area contributed by atoms with E-state index < -0.39 is 24.1 Å². The molecule has 0 heterocycles. The highest BCUT2D eigenvalue weighted by Gasteiger charge is 2.18. The molecular weight excluding hydrogens is 320 g/mol. The van der Waals surface area contributed by atoms with Gasteiger partial charge in [-0.1, -0.05) is 0 Å². The zero-order chi connectivity index (χ0) is 18.3. The molecule has 8 heteroatoms. The van der Waals surface area contributed by atoms with Crippen LogP contribution in [0.4, 0.5) is 13.6 Å². The van der Waals surface area contributed by atoms with Crippen LogP contribution in [0.3, 0.4) is 0 Å². The smallest absolute Gasteiger partial charge is 0.387 e. The van der Waals surface area contributed by atoms with Crippen LogP contribution in [-0.2, 0) is 11.3 Å². The molecule has 1 atom stereocenters. The van der Waals surface area contributed by atoms with Crippen molar-refractivity contribution in [1.29, 1.82) is 0 Å². The van der Waals surface area contributed by atoms with E-state index in [1.807, 2.05) is 20.8 Å². The number of carbonyl (C=O) groups is 2. The molecule has 0 aliphatic carbocycles. The van der Waals surface area contributed by atoms with Gasteiger partial charge in [0.25, 0.3) is 5.91 Å². The lowest BCUT2D eigenvalue weighted by atomic mass is 10.1. The zero-order valence-corrected chi connectivity index (χ0v) is 14.3. The third-order valence-corrected chi connectivity index (χ3v) is 2.86. The zero-order valence-electron chi connectivity index (χ0n) is 14.3. The summed E-state index contributed by atoms with van der Waals surface area (Å²) in [5.41, 5.74) is 0.437. The monoisotopic (exact) mass is 344 g/mol. The van der Waals surface area contributed by atoms with Crippen LogP contribution in [0.15, 0.2) is 24.3 Å². The Balaban J connectivity index is 2.43. The maximum Gasteiger partial charge on any atom is 0.387 e. The van der Waals surface area contributed by atoms with Gasteiger partial charge in [-0.25, -0.2) is 4.79 Å². The van der Waals surface area contributed by atoms with Crippen molar-refractivity contribution >= 4 is 11.9 Å². The molecule has 0 aromatic heterocycles. The number of amides is 3. The maximum atomic E-state index is 12.1. The largest absolute Gasteiger partial charge is 0.435 e. The highest BCUT2D eigenvalue weighted by molar-refractivity contribution is 5.94. The van der Waals surface area contributed by atoms with Crippen LogP contribution >= 0.6 is 0 Å². The molecular formula is C16H24F2N3O3+. The molecule has 1 unspecified atom stereocenters. The number of ether oxygens (including phenoxy) is 1. The fourth-order valence-corrected chi connectivity index (χ4v) is 2.02. The Morgan fingerprint density at radius 3 is 2.29 bits per heavy atom. The van der Waals surface area contributed by atoms with E-state index in [9.17, 15) is 18.4 Å². The summed E-state index contributed by atoms with van der Waals surface area (Å²) in [6, 6.07) is 5.68. The highest BCUT2D eigenvalue weighted by atomic mass is 19.3. The summed E-state index contributed by atoms with van der Waals surface area (Å²) >= 11 is 0. The van der Waals surface area contributed by atoms with Gasteiger partial charge in [-0.15, -0.1) is 0 Å². The van der Waals surface area contributed by atoms with Crippen LogP contribution in [0, 0.1) is 0 Å². The fourth-order valence-electron chi connectivity index (χ4n) is 2.02. The molecule has 0 aliphatic rings. The Bertz CT molecular complexity index is 557. The van der Waals surface area contributed by atoms with Crippen molar-refractivity contribution in [3.63, 3.8) is 0 Å². The predicted octanol–water partition coefficient (Wildman–Crippen LogP) is 0.927. The first-order valence-electron chi connectivity index (χ1n) is 7.52. The van der Waals surface area contributed by atoms with E-state index in [4.69, 9.17) is 0 Å². The highest BCUT2D eigenvalue weighted by Crippen LogP contribution is 2.14. The summed E-state index contributed by atoms with van der Waals surface area (Å²) in [6.07, 6.45) is 0. The Labute approximate surface area is 140 Å². The van der Waals surface area contributed by atoms with Crippen LogP contribution in [0.2, 0.25) is 0 Å². The predicted molar refractivity (Wildman–Crippen MR) is 85.0 cm³/mol. The average Bonchev–Trinajstić information content (AvgIpc) is 2.37. The number of rotatable bonds is 6. The van der Waals surface area contributed by atoms with Crippen molar-refractivity contribution in [2.24, 2.45) is 0 Å². The number of hydrogen-bond donors (Lipinski definition) is 3. The van der Waals surface area contributed by atoms with E-state index in [0.717, 1.165) is 10.5 Å². The first-order chi connectivity index (χ1) is 11.0. The Hall–Kier alpha value is -2.22. The Morgan fingerprint density at radius 1 is 1.21 bits per heavy atom. The standard InChI is InChI=1S/C16H23F2N3O3/c1-16(2,3)20-15(23)19-13(22)10-21(4)9-11-5-7-12(8-6-11)24-14(17)18/h5-8,14H,9-10H2,1-4H3,(H2,19,20,22,23)/p+1. The van der Waals surface area contributed by atoms with Gasteiger partial charge in [-0.3, -0.25) is 10.1 Å². The van der Waals surface area contributed by atoms with Gasteiger partial charge in [-0.05, 0) is 45.0 Å². The number of carbonyl (C=O) groups excluding carboxylic acids is 2. The molecule has 6 nitrogen and oxygen atoms in total. The first-order valence-corrected chi connectivity index (χ1v) is 7.52. The summed E-state index contributed by atoms with van der Waals surface area (Å²) in [4.78, 5) is 24.3. The number of quaternary nitrogens is 1. The van der Waals surface area contributed by atoms with Crippen molar-refractivity contribution in [2.45, 2.75) is 39.5 Å². The molecule has 3 N–H and O–H groups in total. The number of alkyl halides is 2. The molecule has 0 saturated carbocycles. The Kier molecular flexibility index (Phi) is 7.09. The van der Waals surface area contributed by atoms with Crippen LogP contribution in [0.5, 0.6) is 5.75 Å². The second kappa shape index (κ2) is 8.58. The lowest BCUT2D eigenvalue weighted by molar-refractivity contribution is -0.885. The lowest BCUT2D eigenvalue weighted by Crippen LogP contribution is -3.09. The summed E-state index contributed by atoms with van der Waals surface area (Å²) in [5.74, 6) is -0.310. The van der Waals surface area contributed by atoms with Crippen molar-refractivity contribution in [3.05, 3.63) is 29.8 Å². The summed E-state index contributed by atoms with van der Waals surface area (Å²) < 4.78 is 28.4. The summed E-state index contributed by atoms with van der Waals surface area (Å²) in [5, 5.41) is 4.91. The van der Waals surface area contributed by atoms with Crippen molar-refractivity contribution < 1.29 is 28.0 Å². The topological polar surface area (TPSA) is 71.9 Å². The minimum atomic E-state index is -2.85. The molecule has 0 spiro atoms. The van der Waals surface area contributed by atoms with Gasteiger partial charge in [0, 0.05) is 11.1 Å². The lowest BCUT2D eigenvalue weighted by Gasteiger charge is -2.20. The van der Waals surface area contributed by atoms with Crippen molar-refractivity contribution in [2.75, 3.05) is 13.6 Å². The third kappa shape index (κ3) is 8.42. The Morgan fingerprint density at radius 2 is 1.79 bits per heavy atom. The molecule has 0 bridgehead atoms. The second-order valence-electron chi connectivity index (χ2n) is 6.59. The SMILES string of the molecule is C[NH+](CC(=O)NC(=O)NC(C)(C)C)Cc1ccc(OC(F)F)cc1. The number of imide groups is 1. The molecule has 1 aromatic rings. The van der Waals surface area contributed by atoms with Crippen molar-refractivity contribution in [3.8, 4) is 5.75 Å². The van der Waals surface area contributed by atoms with Crippen LogP contribution in [0.25, 0.3) is 0 Å². The molecule has 0 radical (unpaired) electrons. The van der Waals surface area contributed by atoms with Crippen LogP contribution in [-0.4, -0.2) is 37.7 Å². The van der Waals surface area contributed by atoms with E-state index in [2.05, 4.69) is 15.4 Å². The molecule has 0 aliphatic heterocycles. The van der Waals surface area contributed by atoms with Gasteiger partial charge < -0.3 is 15.0 Å². The van der Waals surface area contributed by atoms with Gasteiger partial charge >= 0.3 is 12.6 Å². The van der Waals surface area contributed by atoms with Crippen molar-refractivity contribution in [1.82, 2.24) is 10.6 Å². The molecule has 3 amide bonds. The number of likely N-dealkylation sites (N-methyl/N-ethyl adjacent to an activating group) is 1. The van der Waals surface area contributed by atoms with E-state index in [0.29, 0.717) is 6.54 Å². The van der Waals surface area contributed by atoms with Gasteiger partial charge in [0.1, 0.15) is 12.3 Å². The minimum absolute atomic E-state index is 0.0861. The number of nitrogens with one attached hydrogen (secondary N) is 3. The molecule has 1 aromatic carbocycles. The normalized spacial score (nSPS) is 12.6. The van der Waals surface area contributed by atoms with Gasteiger partial charge in [0.2, 0.25) is 0 Å². The summed E-state index contributed by atoms with van der Waals surface area (Å²) in [7, 11) is 1.80. The maximum absolute atomic E-state index is 12.1. The van der Waals surface area contributed by atoms with E-state index in [-0.39, 0.29) is 12.3 Å². The third-order valence-electron chi connectivity index (χ3n) is 2.86.